The number of amides is 1. The summed E-state index contributed by atoms with van der Waals surface area (Å²) in [6.45, 7) is 3.41. The zero-order chi connectivity index (χ0) is 14.0. The Balaban J connectivity index is 2.12. The summed E-state index contributed by atoms with van der Waals surface area (Å²) in [6.07, 6.45) is 2.04. The summed E-state index contributed by atoms with van der Waals surface area (Å²) in [7, 11) is 0. The molecular weight excluding hydrogens is 311 g/mol. The zero-order valence-electron chi connectivity index (χ0n) is 10.9. The topological polar surface area (TPSA) is 46.3 Å². The SMILES string of the molecule is CC(N)C1CCCN(C(=O)c2ccc(F)c(Br)c2)C1. The molecule has 0 aromatic heterocycles. The third-order valence-corrected chi connectivity index (χ3v) is 4.26. The molecule has 0 radical (unpaired) electrons. The maximum Gasteiger partial charge on any atom is 0.253 e. The molecule has 0 spiro atoms. The minimum Gasteiger partial charge on any atom is -0.338 e. The molecule has 1 fully saturated rings. The van der Waals surface area contributed by atoms with E-state index in [9.17, 15) is 9.18 Å². The molecule has 2 N–H and O–H groups in total. The Kier molecular flexibility index (Phi) is 4.58. The number of carbonyl (C=O) groups excluding carboxylic acids is 1. The van der Waals surface area contributed by atoms with Crippen molar-refractivity contribution in [1.29, 1.82) is 0 Å². The van der Waals surface area contributed by atoms with Gasteiger partial charge in [0.25, 0.3) is 5.91 Å². The summed E-state index contributed by atoms with van der Waals surface area (Å²) in [5.41, 5.74) is 6.43. The number of piperidine rings is 1. The normalized spacial score (nSPS) is 21.3. The Morgan fingerprint density at radius 3 is 2.95 bits per heavy atom. The van der Waals surface area contributed by atoms with Gasteiger partial charge in [-0.15, -0.1) is 0 Å². The average Bonchev–Trinajstić information content (AvgIpc) is 2.41. The molecule has 1 aromatic rings. The van der Waals surface area contributed by atoms with Crippen molar-refractivity contribution in [1.82, 2.24) is 4.90 Å². The van der Waals surface area contributed by atoms with E-state index < -0.39 is 0 Å². The highest BCUT2D eigenvalue weighted by Crippen LogP contribution is 2.22. The Hall–Kier alpha value is -0.940. The number of hydrogen-bond donors (Lipinski definition) is 1. The predicted octanol–water partition coefficient (Wildman–Crippen LogP) is 2.79. The number of hydrogen-bond acceptors (Lipinski definition) is 2. The first-order chi connectivity index (χ1) is 8.99. The second kappa shape index (κ2) is 6.01. The number of halogens is 2. The van der Waals surface area contributed by atoms with E-state index in [1.807, 2.05) is 11.8 Å². The molecule has 2 unspecified atom stereocenters. The molecule has 0 saturated carbocycles. The molecule has 0 bridgehead atoms. The van der Waals surface area contributed by atoms with Crippen LogP contribution in [-0.2, 0) is 0 Å². The predicted molar refractivity (Wildman–Crippen MR) is 76.4 cm³/mol. The van der Waals surface area contributed by atoms with E-state index in [0.29, 0.717) is 22.5 Å². The van der Waals surface area contributed by atoms with Crippen molar-refractivity contribution in [3.63, 3.8) is 0 Å². The van der Waals surface area contributed by atoms with Gasteiger partial charge >= 0.3 is 0 Å². The van der Waals surface area contributed by atoms with Gasteiger partial charge in [0.05, 0.1) is 4.47 Å². The lowest BCUT2D eigenvalue weighted by Crippen LogP contribution is -2.45. The van der Waals surface area contributed by atoms with Crippen LogP contribution >= 0.6 is 15.9 Å². The summed E-state index contributed by atoms with van der Waals surface area (Å²) in [6, 6.07) is 4.46. The van der Waals surface area contributed by atoms with E-state index in [1.54, 1.807) is 0 Å². The standard InChI is InChI=1S/C14H18BrFN2O/c1-9(17)11-3-2-6-18(8-11)14(19)10-4-5-13(16)12(15)7-10/h4-5,7,9,11H,2-3,6,8,17H2,1H3. The summed E-state index contributed by atoms with van der Waals surface area (Å²) in [5, 5.41) is 0. The molecule has 19 heavy (non-hydrogen) atoms. The molecule has 1 aliphatic heterocycles. The van der Waals surface area contributed by atoms with Crippen molar-refractivity contribution in [2.45, 2.75) is 25.8 Å². The van der Waals surface area contributed by atoms with Crippen molar-refractivity contribution >= 4 is 21.8 Å². The third-order valence-electron chi connectivity index (χ3n) is 3.66. The first-order valence-corrected chi connectivity index (χ1v) is 7.28. The van der Waals surface area contributed by atoms with E-state index in [1.165, 1.54) is 18.2 Å². The second-order valence-electron chi connectivity index (χ2n) is 5.14. The van der Waals surface area contributed by atoms with Gasteiger partial charge in [-0.1, -0.05) is 0 Å². The van der Waals surface area contributed by atoms with Crippen molar-refractivity contribution in [3.05, 3.63) is 34.1 Å². The van der Waals surface area contributed by atoms with Gasteiger partial charge in [-0.05, 0) is 59.8 Å². The van der Waals surface area contributed by atoms with Crippen LogP contribution in [0.1, 0.15) is 30.1 Å². The Morgan fingerprint density at radius 2 is 2.32 bits per heavy atom. The number of nitrogens with zero attached hydrogens (tertiary/aromatic N) is 1. The van der Waals surface area contributed by atoms with E-state index >= 15 is 0 Å². The molecule has 1 saturated heterocycles. The van der Waals surface area contributed by atoms with Gasteiger partial charge in [-0.25, -0.2) is 4.39 Å². The van der Waals surface area contributed by atoms with E-state index in [4.69, 9.17) is 5.73 Å². The molecule has 3 nitrogen and oxygen atoms in total. The fraction of sp³-hybridized carbons (Fsp3) is 0.500. The Bertz CT molecular complexity index is 479. The zero-order valence-corrected chi connectivity index (χ0v) is 12.5. The number of likely N-dealkylation sites (tertiary alicyclic amines) is 1. The van der Waals surface area contributed by atoms with Gasteiger partial charge in [-0.3, -0.25) is 4.79 Å². The fourth-order valence-corrected chi connectivity index (χ4v) is 2.81. The van der Waals surface area contributed by atoms with Crippen molar-refractivity contribution in [3.8, 4) is 0 Å². The lowest BCUT2D eigenvalue weighted by atomic mass is 9.92. The fourth-order valence-electron chi connectivity index (χ4n) is 2.44. The molecule has 2 rings (SSSR count). The van der Waals surface area contributed by atoms with Crippen molar-refractivity contribution in [2.75, 3.05) is 13.1 Å². The van der Waals surface area contributed by atoms with Crippen LogP contribution in [0.3, 0.4) is 0 Å². The molecule has 104 valence electrons. The highest BCUT2D eigenvalue weighted by Gasteiger charge is 2.26. The molecule has 5 heteroatoms. The maximum atomic E-state index is 13.2. The van der Waals surface area contributed by atoms with Gasteiger partial charge in [0, 0.05) is 24.7 Å². The van der Waals surface area contributed by atoms with Crippen LogP contribution in [0.4, 0.5) is 4.39 Å². The minimum atomic E-state index is -0.358. The van der Waals surface area contributed by atoms with Crippen LogP contribution in [0.15, 0.2) is 22.7 Å². The van der Waals surface area contributed by atoms with Crippen LogP contribution in [0, 0.1) is 11.7 Å². The first-order valence-electron chi connectivity index (χ1n) is 6.49. The van der Waals surface area contributed by atoms with Crippen molar-refractivity contribution in [2.24, 2.45) is 11.7 Å². The summed E-state index contributed by atoms with van der Waals surface area (Å²) in [5.74, 6) is -0.0590. The number of benzene rings is 1. The quantitative estimate of drug-likeness (QED) is 0.907. The maximum absolute atomic E-state index is 13.2. The molecule has 1 amide bonds. The van der Waals surface area contributed by atoms with Crippen LogP contribution < -0.4 is 5.73 Å². The molecule has 0 aliphatic carbocycles. The molecule has 2 atom stereocenters. The van der Waals surface area contributed by atoms with Gasteiger partial charge in [0.2, 0.25) is 0 Å². The average molecular weight is 329 g/mol. The van der Waals surface area contributed by atoms with E-state index in [-0.39, 0.29) is 17.8 Å². The molecular formula is C14H18BrFN2O. The Labute approximate surface area is 121 Å². The summed E-state index contributed by atoms with van der Waals surface area (Å²) in [4.78, 5) is 14.2. The Morgan fingerprint density at radius 1 is 1.58 bits per heavy atom. The lowest BCUT2D eigenvalue weighted by molar-refractivity contribution is 0.0661. The molecule has 1 aromatic carbocycles. The van der Waals surface area contributed by atoms with Crippen molar-refractivity contribution < 1.29 is 9.18 Å². The molecule has 1 heterocycles. The van der Waals surface area contributed by atoms with Crippen LogP contribution in [-0.4, -0.2) is 29.9 Å². The van der Waals surface area contributed by atoms with Gasteiger partial charge in [-0.2, -0.15) is 0 Å². The van der Waals surface area contributed by atoms with Crippen LogP contribution in [0.25, 0.3) is 0 Å². The lowest BCUT2D eigenvalue weighted by Gasteiger charge is -2.34. The van der Waals surface area contributed by atoms with Crippen LogP contribution in [0.2, 0.25) is 0 Å². The first kappa shape index (κ1) is 14.5. The number of rotatable bonds is 2. The van der Waals surface area contributed by atoms with Gasteiger partial charge < -0.3 is 10.6 Å². The van der Waals surface area contributed by atoms with Gasteiger partial charge in [0.15, 0.2) is 0 Å². The monoisotopic (exact) mass is 328 g/mol. The second-order valence-corrected chi connectivity index (χ2v) is 6.00. The van der Waals surface area contributed by atoms with Gasteiger partial charge in [0.1, 0.15) is 5.82 Å². The smallest absolute Gasteiger partial charge is 0.253 e. The highest BCUT2D eigenvalue weighted by atomic mass is 79.9. The third kappa shape index (κ3) is 3.34. The molecule has 1 aliphatic rings. The van der Waals surface area contributed by atoms with E-state index in [0.717, 1.165) is 19.4 Å². The van der Waals surface area contributed by atoms with Crippen LogP contribution in [0.5, 0.6) is 0 Å². The minimum absolute atomic E-state index is 0.0500. The summed E-state index contributed by atoms with van der Waals surface area (Å²) >= 11 is 3.11. The highest BCUT2D eigenvalue weighted by molar-refractivity contribution is 9.10. The van der Waals surface area contributed by atoms with E-state index in [2.05, 4.69) is 15.9 Å². The summed E-state index contributed by atoms with van der Waals surface area (Å²) < 4.78 is 13.5. The number of nitrogens with two attached hydrogens (primary N) is 1. The largest absolute Gasteiger partial charge is 0.338 e. The number of carbonyl (C=O) groups is 1.